The third-order valence-corrected chi connectivity index (χ3v) is 3.76. The summed E-state index contributed by atoms with van der Waals surface area (Å²) in [4.78, 5) is 11.7. The van der Waals surface area contributed by atoms with E-state index < -0.39 is 0 Å². The quantitative estimate of drug-likeness (QED) is 0.619. The Kier molecular flexibility index (Phi) is 8.01. The Bertz CT molecular complexity index is 228. The Morgan fingerprint density at radius 2 is 2.11 bits per heavy atom. The van der Waals surface area contributed by atoms with Gasteiger partial charge >= 0.3 is 0 Å². The van der Waals surface area contributed by atoms with Crippen LogP contribution in [0.2, 0.25) is 0 Å². The van der Waals surface area contributed by atoms with Gasteiger partial charge in [0.1, 0.15) is 0 Å². The fourth-order valence-electron chi connectivity index (χ4n) is 2.61. The summed E-state index contributed by atoms with van der Waals surface area (Å²) in [5.74, 6) is 0.884. The largest absolute Gasteiger partial charge is 0.385 e. The number of nitrogens with one attached hydrogen (secondary N) is 1. The molecule has 106 valence electrons. The van der Waals surface area contributed by atoms with Gasteiger partial charge in [-0.15, -0.1) is 0 Å². The molecule has 1 aliphatic rings. The van der Waals surface area contributed by atoms with E-state index >= 15 is 0 Å². The second-order valence-corrected chi connectivity index (χ2v) is 5.33. The molecule has 0 heterocycles. The molecule has 1 rings (SSSR count). The maximum absolute atomic E-state index is 11.7. The minimum Gasteiger partial charge on any atom is -0.385 e. The third kappa shape index (κ3) is 6.36. The summed E-state index contributed by atoms with van der Waals surface area (Å²) in [6.07, 6.45) is 9.41. The minimum atomic E-state index is -0.383. The normalized spacial score (nSPS) is 17.9. The zero-order valence-electron chi connectivity index (χ0n) is 11.6. The van der Waals surface area contributed by atoms with Crippen molar-refractivity contribution >= 4 is 5.91 Å². The van der Waals surface area contributed by atoms with Crippen molar-refractivity contribution in [1.82, 2.24) is 5.32 Å². The van der Waals surface area contributed by atoms with E-state index in [-0.39, 0.29) is 11.9 Å². The van der Waals surface area contributed by atoms with Gasteiger partial charge in [0.05, 0.1) is 6.04 Å². The average Bonchev–Trinajstić information content (AvgIpc) is 2.87. The molecule has 4 heteroatoms. The first-order valence-electron chi connectivity index (χ1n) is 7.26. The predicted molar refractivity (Wildman–Crippen MR) is 73.3 cm³/mol. The van der Waals surface area contributed by atoms with Gasteiger partial charge in [-0.3, -0.25) is 4.79 Å². The maximum Gasteiger partial charge on any atom is 0.236 e. The lowest BCUT2D eigenvalue weighted by Crippen LogP contribution is -2.41. The average molecular weight is 256 g/mol. The molecule has 0 bridgehead atoms. The number of ether oxygens (including phenoxy) is 1. The van der Waals surface area contributed by atoms with Crippen LogP contribution in [-0.4, -0.2) is 32.2 Å². The Labute approximate surface area is 111 Å². The number of carbonyl (C=O) groups is 1. The van der Waals surface area contributed by atoms with E-state index in [1.807, 2.05) is 0 Å². The Morgan fingerprint density at radius 1 is 1.39 bits per heavy atom. The molecule has 1 atom stereocenters. The standard InChI is InChI=1S/C14H28N2O2/c1-18-11-5-9-13(15)14(17)16-10-4-8-12-6-2-3-7-12/h12-13H,2-11,15H2,1H3,(H,16,17). The first-order valence-corrected chi connectivity index (χ1v) is 7.26. The van der Waals surface area contributed by atoms with Crippen LogP contribution < -0.4 is 11.1 Å². The van der Waals surface area contributed by atoms with Crippen molar-refractivity contribution in [2.45, 2.75) is 57.4 Å². The molecule has 1 fully saturated rings. The van der Waals surface area contributed by atoms with Crippen molar-refractivity contribution in [1.29, 1.82) is 0 Å². The van der Waals surface area contributed by atoms with Crippen LogP contribution in [-0.2, 0) is 9.53 Å². The Hall–Kier alpha value is -0.610. The fraction of sp³-hybridized carbons (Fsp3) is 0.929. The fourth-order valence-corrected chi connectivity index (χ4v) is 2.61. The molecular formula is C14H28N2O2. The van der Waals surface area contributed by atoms with Gasteiger partial charge in [0.2, 0.25) is 5.91 Å². The van der Waals surface area contributed by atoms with Gasteiger partial charge in [-0.25, -0.2) is 0 Å². The lowest BCUT2D eigenvalue weighted by Gasteiger charge is -2.13. The lowest BCUT2D eigenvalue weighted by molar-refractivity contribution is -0.122. The van der Waals surface area contributed by atoms with Crippen molar-refractivity contribution in [2.24, 2.45) is 11.7 Å². The third-order valence-electron chi connectivity index (χ3n) is 3.76. The predicted octanol–water partition coefficient (Wildman–Crippen LogP) is 1.83. The summed E-state index contributed by atoms with van der Waals surface area (Å²) in [6, 6.07) is -0.383. The molecule has 4 nitrogen and oxygen atoms in total. The molecule has 0 aromatic carbocycles. The highest BCUT2D eigenvalue weighted by atomic mass is 16.5. The molecule has 0 aromatic heterocycles. The van der Waals surface area contributed by atoms with Crippen LogP contribution in [0.1, 0.15) is 51.4 Å². The van der Waals surface area contributed by atoms with Gasteiger partial charge in [-0.1, -0.05) is 25.7 Å². The maximum atomic E-state index is 11.7. The van der Waals surface area contributed by atoms with Crippen LogP contribution in [0.25, 0.3) is 0 Å². The van der Waals surface area contributed by atoms with Crippen LogP contribution >= 0.6 is 0 Å². The van der Waals surface area contributed by atoms with E-state index in [2.05, 4.69) is 5.32 Å². The molecule has 0 radical (unpaired) electrons. The first kappa shape index (κ1) is 15.4. The SMILES string of the molecule is COCCCC(N)C(=O)NCCCC1CCCC1. The van der Waals surface area contributed by atoms with Gasteiger partial charge in [-0.05, 0) is 31.6 Å². The van der Waals surface area contributed by atoms with E-state index in [9.17, 15) is 4.79 Å². The molecule has 18 heavy (non-hydrogen) atoms. The van der Waals surface area contributed by atoms with Crippen molar-refractivity contribution in [3.8, 4) is 0 Å². The van der Waals surface area contributed by atoms with E-state index in [0.29, 0.717) is 13.0 Å². The summed E-state index contributed by atoms with van der Waals surface area (Å²) in [6.45, 7) is 1.44. The van der Waals surface area contributed by atoms with Crippen LogP contribution in [0.5, 0.6) is 0 Å². The summed E-state index contributed by atoms with van der Waals surface area (Å²) in [7, 11) is 1.66. The number of nitrogens with two attached hydrogens (primary N) is 1. The van der Waals surface area contributed by atoms with Crippen LogP contribution in [0.3, 0.4) is 0 Å². The van der Waals surface area contributed by atoms with E-state index in [4.69, 9.17) is 10.5 Å². The highest BCUT2D eigenvalue weighted by Gasteiger charge is 2.15. The number of hydrogen-bond acceptors (Lipinski definition) is 3. The minimum absolute atomic E-state index is 0.0162. The highest BCUT2D eigenvalue weighted by molar-refractivity contribution is 5.81. The van der Waals surface area contributed by atoms with Crippen LogP contribution in [0.15, 0.2) is 0 Å². The van der Waals surface area contributed by atoms with Gasteiger partial charge in [0.25, 0.3) is 0 Å². The molecule has 1 aliphatic carbocycles. The summed E-state index contributed by atoms with van der Waals surface area (Å²) in [5, 5.41) is 2.93. The smallest absolute Gasteiger partial charge is 0.236 e. The van der Waals surface area contributed by atoms with E-state index in [0.717, 1.165) is 25.3 Å². The van der Waals surface area contributed by atoms with Crippen molar-refractivity contribution in [3.05, 3.63) is 0 Å². The Morgan fingerprint density at radius 3 is 2.78 bits per heavy atom. The number of amides is 1. The van der Waals surface area contributed by atoms with E-state index in [1.165, 1.54) is 32.1 Å². The zero-order chi connectivity index (χ0) is 13.2. The van der Waals surface area contributed by atoms with Gasteiger partial charge in [0.15, 0.2) is 0 Å². The summed E-state index contributed by atoms with van der Waals surface area (Å²) in [5.41, 5.74) is 5.79. The number of hydrogen-bond donors (Lipinski definition) is 2. The summed E-state index contributed by atoms with van der Waals surface area (Å²) < 4.78 is 4.94. The summed E-state index contributed by atoms with van der Waals surface area (Å²) >= 11 is 0. The van der Waals surface area contributed by atoms with Crippen molar-refractivity contribution < 1.29 is 9.53 Å². The second kappa shape index (κ2) is 9.34. The van der Waals surface area contributed by atoms with Gasteiger partial charge < -0.3 is 15.8 Å². The Balaban J connectivity index is 1.97. The number of carbonyl (C=O) groups excluding carboxylic acids is 1. The van der Waals surface area contributed by atoms with E-state index in [1.54, 1.807) is 7.11 Å². The van der Waals surface area contributed by atoms with Crippen molar-refractivity contribution in [3.63, 3.8) is 0 Å². The van der Waals surface area contributed by atoms with Crippen LogP contribution in [0.4, 0.5) is 0 Å². The lowest BCUT2D eigenvalue weighted by atomic mass is 10.0. The molecule has 0 saturated heterocycles. The molecule has 1 unspecified atom stereocenters. The molecular weight excluding hydrogens is 228 g/mol. The van der Waals surface area contributed by atoms with Crippen LogP contribution in [0, 0.1) is 5.92 Å². The molecule has 0 aromatic rings. The molecule has 0 spiro atoms. The molecule has 1 amide bonds. The topological polar surface area (TPSA) is 64.3 Å². The second-order valence-electron chi connectivity index (χ2n) is 5.33. The molecule has 0 aliphatic heterocycles. The van der Waals surface area contributed by atoms with Crippen molar-refractivity contribution in [2.75, 3.05) is 20.3 Å². The molecule has 3 N–H and O–H groups in total. The van der Waals surface area contributed by atoms with Gasteiger partial charge in [-0.2, -0.15) is 0 Å². The van der Waals surface area contributed by atoms with Gasteiger partial charge in [0, 0.05) is 20.3 Å². The highest BCUT2D eigenvalue weighted by Crippen LogP contribution is 2.28. The first-order chi connectivity index (χ1) is 8.74. The monoisotopic (exact) mass is 256 g/mol. The number of rotatable bonds is 9. The number of methoxy groups -OCH3 is 1. The molecule has 1 saturated carbocycles. The zero-order valence-corrected chi connectivity index (χ0v) is 11.6.